The fourth-order valence-corrected chi connectivity index (χ4v) is 5.97. The predicted octanol–water partition coefficient (Wildman–Crippen LogP) is 3.15. The second kappa shape index (κ2) is 7.25. The molecule has 1 aliphatic carbocycles. The Balaban J connectivity index is 1.61. The van der Waals surface area contributed by atoms with Crippen molar-refractivity contribution in [2.75, 3.05) is 12.0 Å². The maximum atomic E-state index is 14.3. The number of fused-ring (bicyclic) bond motifs is 2. The van der Waals surface area contributed by atoms with Gasteiger partial charge in [0.2, 0.25) is 9.84 Å². The Morgan fingerprint density at radius 1 is 1.29 bits per heavy atom. The van der Waals surface area contributed by atoms with Gasteiger partial charge < -0.3 is 15.0 Å². The van der Waals surface area contributed by atoms with E-state index < -0.39 is 49.9 Å². The number of halogens is 3. The lowest BCUT2D eigenvalue weighted by molar-refractivity contribution is -0.0380. The Labute approximate surface area is 192 Å². The van der Waals surface area contributed by atoms with Crippen LogP contribution < -0.4 is 10.9 Å². The summed E-state index contributed by atoms with van der Waals surface area (Å²) >= 11 is 0. The van der Waals surface area contributed by atoms with Gasteiger partial charge in [0, 0.05) is 17.8 Å². The minimum Gasteiger partial charge on any atom is -0.381 e. The van der Waals surface area contributed by atoms with Crippen molar-refractivity contribution in [3.8, 4) is 0 Å². The summed E-state index contributed by atoms with van der Waals surface area (Å²) in [5.74, 6) is 0.594. The number of aliphatic hydroxyl groups excluding tert-OH is 1. The normalized spacial score (nSPS) is 22.4. The molecule has 1 saturated carbocycles. The molecule has 5 rings (SSSR count). The number of hydrogen-bond donors (Lipinski definition) is 2. The molecule has 2 N–H and O–H groups in total. The number of alkyl halides is 3. The topological polar surface area (TPSA) is 114 Å². The summed E-state index contributed by atoms with van der Waals surface area (Å²) in [7, 11) is -5.04. The van der Waals surface area contributed by atoms with Gasteiger partial charge in [-0.2, -0.15) is 8.78 Å². The van der Waals surface area contributed by atoms with Crippen LogP contribution in [0.15, 0.2) is 40.2 Å². The van der Waals surface area contributed by atoms with E-state index in [1.807, 2.05) is 0 Å². The van der Waals surface area contributed by atoms with Crippen molar-refractivity contribution >= 4 is 26.6 Å². The second-order valence-corrected chi connectivity index (χ2v) is 10.8. The van der Waals surface area contributed by atoms with Gasteiger partial charge in [-0.3, -0.25) is 4.79 Å². The van der Waals surface area contributed by atoms with Crippen LogP contribution >= 0.6 is 0 Å². The van der Waals surface area contributed by atoms with Gasteiger partial charge in [0.25, 0.3) is 5.56 Å². The summed E-state index contributed by atoms with van der Waals surface area (Å²) in [5.41, 5.74) is -1.16. The highest BCUT2D eigenvalue weighted by molar-refractivity contribution is 7.92. The van der Waals surface area contributed by atoms with Crippen molar-refractivity contribution in [2.45, 2.75) is 54.5 Å². The number of aliphatic hydroxyl groups is 1. The van der Waals surface area contributed by atoms with Crippen molar-refractivity contribution in [2.24, 2.45) is 0 Å². The van der Waals surface area contributed by atoms with Crippen molar-refractivity contribution in [1.82, 2.24) is 14.5 Å². The lowest BCUT2D eigenvalue weighted by Crippen LogP contribution is -2.31. The number of nitrogens with one attached hydrogen (secondary N) is 1. The molecule has 34 heavy (non-hydrogen) atoms. The van der Waals surface area contributed by atoms with Crippen LogP contribution in [-0.2, 0) is 15.4 Å². The SMILES string of the molecule is Cc1nc(N[C@H](C)c2cccc3c2C(O)C(F)(F)S3(=O)=O)c2cn(C3(CF)CC3)c(=O)cc2n1. The highest BCUT2D eigenvalue weighted by atomic mass is 32.2. The van der Waals surface area contributed by atoms with Crippen LogP contribution in [0.3, 0.4) is 0 Å². The molecule has 1 unspecified atom stereocenters. The Morgan fingerprint density at radius 2 is 2.00 bits per heavy atom. The first-order chi connectivity index (χ1) is 15.9. The summed E-state index contributed by atoms with van der Waals surface area (Å²) in [6.45, 7) is 2.53. The number of rotatable bonds is 5. The zero-order valence-corrected chi connectivity index (χ0v) is 19.0. The number of aromatic nitrogens is 3. The number of sulfone groups is 1. The lowest BCUT2D eigenvalue weighted by Gasteiger charge is -2.21. The third-order valence-electron chi connectivity index (χ3n) is 6.59. The van der Waals surface area contributed by atoms with E-state index in [-0.39, 0.29) is 16.9 Å². The molecule has 0 radical (unpaired) electrons. The molecule has 2 aliphatic rings. The summed E-state index contributed by atoms with van der Waals surface area (Å²) in [4.78, 5) is 20.6. The first-order valence-electron chi connectivity index (χ1n) is 10.6. The van der Waals surface area contributed by atoms with E-state index in [1.54, 1.807) is 13.8 Å². The minimum absolute atomic E-state index is 0.158. The predicted molar refractivity (Wildman–Crippen MR) is 117 cm³/mol. The molecule has 3 aromatic rings. The summed E-state index contributed by atoms with van der Waals surface area (Å²) < 4.78 is 68.1. The van der Waals surface area contributed by atoms with Crippen LogP contribution in [0.5, 0.6) is 0 Å². The fourth-order valence-electron chi connectivity index (χ4n) is 4.49. The van der Waals surface area contributed by atoms with Crippen molar-refractivity contribution < 1.29 is 26.7 Å². The van der Waals surface area contributed by atoms with Crippen LogP contribution in [0.2, 0.25) is 0 Å². The highest BCUT2D eigenvalue weighted by Gasteiger charge is 2.61. The van der Waals surface area contributed by atoms with Gasteiger partial charge in [0.1, 0.15) is 18.3 Å². The number of aryl methyl sites for hydroxylation is 1. The Morgan fingerprint density at radius 3 is 2.65 bits per heavy atom. The van der Waals surface area contributed by atoms with E-state index in [4.69, 9.17) is 0 Å². The molecule has 180 valence electrons. The summed E-state index contributed by atoms with van der Waals surface area (Å²) in [6.07, 6.45) is 0.0257. The molecule has 2 atom stereocenters. The lowest BCUT2D eigenvalue weighted by atomic mass is 9.97. The average Bonchev–Trinajstić information content (AvgIpc) is 3.55. The third-order valence-corrected chi connectivity index (χ3v) is 8.46. The zero-order chi connectivity index (χ0) is 24.6. The molecule has 3 heterocycles. The first kappa shape index (κ1) is 22.8. The van der Waals surface area contributed by atoms with E-state index >= 15 is 0 Å². The van der Waals surface area contributed by atoms with E-state index in [1.165, 1.54) is 29.0 Å². The molecule has 1 aromatic carbocycles. The van der Waals surface area contributed by atoms with Crippen molar-refractivity contribution in [3.05, 3.63) is 57.8 Å². The van der Waals surface area contributed by atoms with Crippen molar-refractivity contribution in [3.63, 3.8) is 0 Å². The number of pyridine rings is 1. The third kappa shape index (κ3) is 3.08. The molecule has 0 saturated heterocycles. The number of benzene rings is 1. The Hall–Kier alpha value is -2.99. The summed E-state index contributed by atoms with van der Waals surface area (Å²) in [6, 6.07) is 4.36. The minimum atomic E-state index is -5.04. The van der Waals surface area contributed by atoms with Crippen molar-refractivity contribution in [1.29, 1.82) is 0 Å². The monoisotopic (exact) mass is 494 g/mol. The smallest absolute Gasteiger partial charge is 0.379 e. The quantitative estimate of drug-likeness (QED) is 0.560. The molecular formula is C22H21F3N4O4S. The van der Waals surface area contributed by atoms with Gasteiger partial charge in [-0.15, -0.1) is 0 Å². The second-order valence-electron chi connectivity index (χ2n) is 8.85. The fraction of sp³-hybridized carbons (Fsp3) is 0.409. The summed E-state index contributed by atoms with van der Waals surface area (Å²) in [5, 5.41) is 9.34. The first-order valence-corrected chi connectivity index (χ1v) is 12.1. The van der Waals surface area contributed by atoms with E-state index in [9.17, 15) is 31.5 Å². The van der Waals surface area contributed by atoms with Gasteiger partial charge in [0.15, 0.2) is 6.10 Å². The molecule has 12 heteroatoms. The Bertz CT molecular complexity index is 1500. The molecule has 8 nitrogen and oxygen atoms in total. The molecule has 2 aromatic heterocycles. The average molecular weight is 494 g/mol. The highest BCUT2D eigenvalue weighted by Crippen LogP contribution is 2.51. The maximum absolute atomic E-state index is 14.3. The van der Waals surface area contributed by atoms with Crippen LogP contribution in [0.25, 0.3) is 10.9 Å². The maximum Gasteiger partial charge on any atom is 0.379 e. The Kier molecular flexibility index (Phi) is 4.86. The molecule has 1 aliphatic heterocycles. The van der Waals surface area contributed by atoms with Crippen LogP contribution in [-0.4, -0.2) is 40.0 Å². The van der Waals surface area contributed by atoms with E-state index in [0.717, 1.165) is 6.07 Å². The van der Waals surface area contributed by atoms with Gasteiger partial charge in [0.05, 0.1) is 27.4 Å². The number of anilines is 1. The van der Waals surface area contributed by atoms with Gasteiger partial charge in [-0.05, 0) is 38.3 Å². The van der Waals surface area contributed by atoms with Crippen LogP contribution in [0.1, 0.15) is 48.9 Å². The van der Waals surface area contributed by atoms with Crippen LogP contribution in [0.4, 0.5) is 19.0 Å². The van der Waals surface area contributed by atoms with E-state index in [2.05, 4.69) is 15.3 Å². The molecular weight excluding hydrogens is 473 g/mol. The standard InChI is InChI=1S/C22H21F3N4O4S/c1-11(13-4-3-5-16-18(13)19(31)22(24,25)34(16,32)33)26-20-14-9-29(21(10-23)6-7-21)17(30)8-15(14)27-12(2)28-20/h3-5,8-9,11,19,31H,6-7,10H2,1-2H3,(H,26,27,28)/t11-,19?/m1/s1. The molecule has 0 amide bonds. The largest absolute Gasteiger partial charge is 0.381 e. The molecule has 0 spiro atoms. The zero-order valence-electron chi connectivity index (χ0n) is 18.2. The van der Waals surface area contributed by atoms with Gasteiger partial charge >= 0.3 is 5.25 Å². The number of nitrogens with zero attached hydrogens (tertiary/aromatic N) is 3. The van der Waals surface area contributed by atoms with E-state index in [0.29, 0.717) is 29.6 Å². The van der Waals surface area contributed by atoms with Gasteiger partial charge in [-0.25, -0.2) is 22.8 Å². The molecule has 0 bridgehead atoms. The van der Waals surface area contributed by atoms with Crippen LogP contribution in [0, 0.1) is 6.92 Å². The van der Waals surface area contributed by atoms with Gasteiger partial charge in [-0.1, -0.05) is 12.1 Å². The number of hydrogen-bond acceptors (Lipinski definition) is 7. The molecule has 1 fully saturated rings.